The summed E-state index contributed by atoms with van der Waals surface area (Å²) in [7, 11) is 0. The van der Waals surface area contributed by atoms with E-state index in [4.69, 9.17) is 5.73 Å². The molecular formula is C10H12N4. The lowest BCUT2D eigenvalue weighted by atomic mass is 10.3. The van der Waals surface area contributed by atoms with Crippen molar-refractivity contribution in [2.75, 3.05) is 6.54 Å². The predicted octanol–water partition coefficient (Wildman–Crippen LogP) is 0.973. The van der Waals surface area contributed by atoms with Crippen molar-refractivity contribution in [2.24, 2.45) is 5.73 Å². The molecule has 2 heterocycles. The van der Waals surface area contributed by atoms with E-state index in [9.17, 15) is 0 Å². The van der Waals surface area contributed by atoms with Crippen molar-refractivity contribution >= 4 is 0 Å². The van der Waals surface area contributed by atoms with Crippen LogP contribution in [0.25, 0.3) is 11.4 Å². The molecule has 2 rings (SSSR count). The van der Waals surface area contributed by atoms with Gasteiger partial charge in [-0.25, -0.2) is 4.98 Å². The van der Waals surface area contributed by atoms with Gasteiger partial charge in [0, 0.05) is 12.6 Å². The highest BCUT2D eigenvalue weighted by molar-refractivity contribution is 5.52. The van der Waals surface area contributed by atoms with Crippen molar-refractivity contribution in [1.29, 1.82) is 0 Å². The average molecular weight is 188 g/mol. The van der Waals surface area contributed by atoms with Gasteiger partial charge in [-0.05, 0) is 18.7 Å². The Hall–Kier alpha value is -1.68. The van der Waals surface area contributed by atoms with E-state index in [2.05, 4.69) is 15.0 Å². The van der Waals surface area contributed by atoms with E-state index < -0.39 is 0 Å². The van der Waals surface area contributed by atoms with Gasteiger partial charge < -0.3 is 10.7 Å². The van der Waals surface area contributed by atoms with Crippen LogP contribution in [-0.4, -0.2) is 21.5 Å². The fraction of sp³-hybridized carbons (Fsp3) is 0.200. The first-order valence-corrected chi connectivity index (χ1v) is 4.55. The standard InChI is InChI=1S/C10H12N4/c11-5-4-10-13-7-9(14-10)8-3-1-2-6-12-8/h1-3,6-7H,4-5,11H2,(H,13,14). The van der Waals surface area contributed by atoms with Crippen LogP contribution in [0.2, 0.25) is 0 Å². The second-order valence-electron chi connectivity index (χ2n) is 3.00. The normalized spacial score (nSPS) is 10.4. The first-order valence-electron chi connectivity index (χ1n) is 4.55. The van der Waals surface area contributed by atoms with Crippen LogP contribution in [0.5, 0.6) is 0 Å². The second kappa shape index (κ2) is 4.02. The minimum atomic E-state index is 0.606. The molecule has 0 aromatic carbocycles. The molecular weight excluding hydrogens is 176 g/mol. The number of aromatic amines is 1. The molecule has 72 valence electrons. The van der Waals surface area contributed by atoms with Crippen LogP contribution >= 0.6 is 0 Å². The monoisotopic (exact) mass is 188 g/mol. The van der Waals surface area contributed by atoms with E-state index in [1.807, 2.05) is 18.2 Å². The summed E-state index contributed by atoms with van der Waals surface area (Å²) in [5.74, 6) is 0.910. The Morgan fingerprint density at radius 1 is 1.29 bits per heavy atom. The smallest absolute Gasteiger partial charge is 0.107 e. The van der Waals surface area contributed by atoms with Crippen molar-refractivity contribution in [1.82, 2.24) is 15.0 Å². The average Bonchev–Trinajstić information content (AvgIpc) is 2.68. The fourth-order valence-corrected chi connectivity index (χ4v) is 1.28. The summed E-state index contributed by atoms with van der Waals surface area (Å²) in [5.41, 5.74) is 7.28. The summed E-state index contributed by atoms with van der Waals surface area (Å²) in [4.78, 5) is 11.6. The van der Waals surface area contributed by atoms with Crippen molar-refractivity contribution < 1.29 is 0 Å². The summed E-state index contributed by atoms with van der Waals surface area (Å²) in [5, 5.41) is 0. The van der Waals surface area contributed by atoms with Crippen molar-refractivity contribution in [3.05, 3.63) is 36.4 Å². The first-order chi connectivity index (χ1) is 6.90. The van der Waals surface area contributed by atoms with Crippen molar-refractivity contribution in [3.8, 4) is 11.4 Å². The summed E-state index contributed by atoms with van der Waals surface area (Å²) >= 11 is 0. The Balaban J connectivity index is 2.25. The maximum absolute atomic E-state index is 5.43. The van der Waals surface area contributed by atoms with Crippen LogP contribution < -0.4 is 5.73 Å². The largest absolute Gasteiger partial charge is 0.341 e. The zero-order valence-corrected chi connectivity index (χ0v) is 7.77. The minimum Gasteiger partial charge on any atom is -0.341 e. The molecule has 0 saturated carbocycles. The van der Waals surface area contributed by atoms with Crippen LogP contribution in [0.15, 0.2) is 30.6 Å². The Bertz CT molecular complexity index is 394. The van der Waals surface area contributed by atoms with Gasteiger partial charge in [0.15, 0.2) is 0 Å². The molecule has 4 nitrogen and oxygen atoms in total. The Morgan fingerprint density at radius 2 is 2.21 bits per heavy atom. The number of nitrogens with two attached hydrogens (primary N) is 1. The highest BCUT2D eigenvalue weighted by Gasteiger charge is 2.02. The van der Waals surface area contributed by atoms with Crippen LogP contribution in [0.3, 0.4) is 0 Å². The third kappa shape index (κ3) is 1.80. The van der Waals surface area contributed by atoms with Crippen LogP contribution in [0, 0.1) is 0 Å². The topological polar surface area (TPSA) is 67.6 Å². The number of nitrogens with zero attached hydrogens (tertiary/aromatic N) is 2. The summed E-state index contributed by atoms with van der Waals surface area (Å²) in [6.45, 7) is 0.606. The van der Waals surface area contributed by atoms with Crippen LogP contribution in [-0.2, 0) is 6.42 Å². The van der Waals surface area contributed by atoms with Crippen molar-refractivity contribution in [2.45, 2.75) is 6.42 Å². The number of rotatable bonds is 3. The number of imidazole rings is 1. The quantitative estimate of drug-likeness (QED) is 0.754. The third-order valence-electron chi connectivity index (χ3n) is 1.95. The molecule has 0 unspecified atom stereocenters. The fourth-order valence-electron chi connectivity index (χ4n) is 1.28. The molecule has 0 fully saturated rings. The van der Waals surface area contributed by atoms with E-state index >= 15 is 0 Å². The molecule has 0 saturated heterocycles. The molecule has 2 aromatic heterocycles. The Morgan fingerprint density at radius 3 is 2.93 bits per heavy atom. The maximum Gasteiger partial charge on any atom is 0.107 e. The number of nitrogens with one attached hydrogen (secondary N) is 1. The van der Waals surface area contributed by atoms with E-state index in [1.54, 1.807) is 12.4 Å². The van der Waals surface area contributed by atoms with Crippen LogP contribution in [0.4, 0.5) is 0 Å². The lowest BCUT2D eigenvalue weighted by molar-refractivity contribution is 0.894. The van der Waals surface area contributed by atoms with Gasteiger partial charge in [-0.15, -0.1) is 0 Å². The van der Waals surface area contributed by atoms with E-state index in [0.717, 1.165) is 23.6 Å². The zero-order valence-electron chi connectivity index (χ0n) is 7.77. The van der Waals surface area contributed by atoms with Gasteiger partial charge >= 0.3 is 0 Å². The molecule has 0 radical (unpaired) electrons. The molecule has 0 spiro atoms. The maximum atomic E-state index is 5.43. The van der Waals surface area contributed by atoms with E-state index in [-0.39, 0.29) is 0 Å². The molecule has 0 atom stereocenters. The Labute approximate surface area is 82.2 Å². The van der Waals surface area contributed by atoms with Gasteiger partial charge in [-0.2, -0.15) is 0 Å². The van der Waals surface area contributed by atoms with Gasteiger partial charge in [0.25, 0.3) is 0 Å². The number of hydrogen-bond acceptors (Lipinski definition) is 3. The van der Waals surface area contributed by atoms with Gasteiger partial charge in [-0.1, -0.05) is 6.07 Å². The highest BCUT2D eigenvalue weighted by Crippen LogP contribution is 2.12. The zero-order chi connectivity index (χ0) is 9.80. The number of aromatic nitrogens is 3. The minimum absolute atomic E-state index is 0.606. The van der Waals surface area contributed by atoms with Gasteiger partial charge in [0.1, 0.15) is 5.82 Å². The molecule has 0 aliphatic carbocycles. The van der Waals surface area contributed by atoms with E-state index in [0.29, 0.717) is 6.54 Å². The number of H-pyrrole nitrogens is 1. The predicted molar refractivity (Wildman–Crippen MR) is 54.6 cm³/mol. The van der Waals surface area contributed by atoms with Crippen LogP contribution in [0.1, 0.15) is 5.82 Å². The van der Waals surface area contributed by atoms with Gasteiger partial charge in [0.05, 0.1) is 17.6 Å². The molecule has 0 aliphatic heterocycles. The second-order valence-corrected chi connectivity index (χ2v) is 3.00. The first kappa shape index (κ1) is 8.90. The molecule has 4 heteroatoms. The van der Waals surface area contributed by atoms with Gasteiger partial charge in [0.2, 0.25) is 0 Å². The summed E-state index contributed by atoms with van der Waals surface area (Å²) < 4.78 is 0. The Kier molecular flexibility index (Phi) is 2.55. The lowest BCUT2D eigenvalue weighted by Gasteiger charge is -1.94. The highest BCUT2D eigenvalue weighted by atomic mass is 14.9. The lowest BCUT2D eigenvalue weighted by Crippen LogP contribution is -2.03. The number of pyridine rings is 1. The van der Waals surface area contributed by atoms with E-state index in [1.165, 1.54) is 0 Å². The third-order valence-corrected chi connectivity index (χ3v) is 1.95. The molecule has 2 aromatic rings. The summed E-state index contributed by atoms with van der Waals surface area (Å²) in [6, 6.07) is 5.78. The molecule has 0 bridgehead atoms. The summed E-state index contributed by atoms with van der Waals surface area (Å²) in [6.07, 6.45) is 4.32. The van der Waals surface area contributed by atoms with Crippen molar-refractivity contribution in [3.63, 3.8) is 0 Å². The number of hydrogen-bond donors (Lipinski definition) is 2. The molecule has 0 aliphatic rings. The molecule has 0 amide bonds. The SMILES string of the molecule is NCCc1ncc(-c2ccccn2)[nH]1. The molecule has 14 heavy (non-hydrogen) atoms. The van der Waals surface area contributed by atoms with Gasteiger partial charge in [-0.3, -0.25) is 4.98 Å². The molecule has 3 N–H and O–H groups in total.